The maximum atomic E-state index is 13.4. The van der Waals surface area contributed by atoms with Crippen LogP contribution in [0.15, 0.2) is 132 Å². The van der Waals surface area contributed by atoms with Crippen molar-refractivity contribution in [1.82, 2.24) is 14.0 Å². The van der Waals surface area contributed by atoms with E-state index in [1.165, 1.54) is 34.5 Å². The summed E-state index contributed by atoms with van der Waals surface area (Å²) in [4.78, 5) is 22.9. The number of hydrogen-bond donors (Lipinski definition) is 0. The van der Waals surface area contributed by atoms with Crippen LogP contribution in [0.1, 0.15) is 38.3 Å². The molecule has 1 amide bonds. The van der Waals surface area contributed by atoms with Crippen LogP contribution >= 0.6 is 0 Å². The molecule has 1 aliphatic rings. The molecule has 0 saturated carbocycles. The number of aryl methyl sites for hydroxylation is 1. The van der Waals surface area contributed by atoms with Crippen molar-refractivity contribution < 1.29 is 18.7 Å². The molecule has 0 spiro atoms. The fourth-order valence-corrected chi connectivity index (χ4v) is 7.16. The van der Waals surface area contributed by atoms with E-state index in [1.807, 2.05) is 32.9 Å². The van der Waals surface area contributed by atoms with Gasteiger partial charge < -0.3 is 23.5 Å². The minimum absolute atomic E-state index is 0.302. The molecule has 6 aromatic rings. The predicted molar refractivity (Wildman–Crippen MR) is 213 cm³/mol. The van der Waals surface area contributed by atoms with E-state index in [-0.39, 0.29) is 5.82 Å². The molecule has 278 valence electrons. The molecular weight excluding hydrogens is 678 g/mol. The lowest BCUT2D eigenvalue weighted by Crippen LogP contribution is -2.46. The first kappa shape index (κ1) is 36.7. The third kappa shape index (κ3) is 8.92. The monoisotopic (exact) mass is 725 g/mol. The number of hydrogen-bond acceptors (Lipinski definition) is 5. The second-order valence-electron chi connectivity index (χ2n) is 14.7. The van der Waals surface area contributed by atoms with E-state index in [2.05, 4.69) is 115 Å². The summed E-state index contributed by atoms with van der Waals surface area (Å²) in [6.45, 7) is 11.6. The molecule has 8 nitrogen and oxygen atoms in total. The van der Waals surface area contributed by atoms with Crippen LogP contribution in [-0.4, -0.2) is 58.5 Å². The minimum Gasteiger partial charge on any atom is -0.494 e. The third-order valence-electron chi connectivity index (χ3n) is 9.67. The van der Waals surface area contributed by atoms with Gasteiger partial charge in [-0.25, -0.2) is 9.18 Å². The second kappa shape index (κ2) is 16.6. The van der Waals surface area contributed by atoms with Gasteiger partial charge in [-0.1, -0.05) is 84.9 Å². The van der Waals surface area contributed by atoms with Gasteiger partial charge in [-0.2, -0.15) is 0 Å². The van der Waals surface area contributed by atoms with Crippen LogP contribution in [0.4, 0.5) is 14.9 Å². The smallest absolute Gasteiger partial charge is 0.437 e. The van der Waals surface area contributed by atoms with Crippen LogP contribution < -0.4 is 15.3 Å². The summed E-state index contributed by atoms with van der Waals surface area (Å²) >= 11 is 0. The van der Waals surface area contributed by atoms with Gasteiger partial charge in [-0.15, -0.1) is 4.99 Å². The average molecular weight is 726 g/mol. The fraction of sp³-hybridized carbons (Fsp3) is 0.289. The molecule has 9 heteroatoms. The number of carbonyl (C=O) groups excluding carboxylic acids is 1. The summed E-state index contributed by atoms with van der Waals surface area (Å²) in [7, 11) is 0. The predicted octanol–water partition coefficient (Wildman–Crippen LogP) is 8.92. The van der Waals surface area contributed by atoms with Gasteiger partial charge in [0, 0.05) is 45.0 Å². The maximum absolute atomic E-state index is 13.4. The number of benzene rings is 5. The van der Waals surface area contributed by atoms with E-state index in [4.69, 9.17) is 9.47 Å². The highest BCUT2D eigenvalue weighted by Crippen LogP contribution is 2.28. The molecule has 2 heterocycles. The molecule has 0 radical (unpaired) electrons. The van der Waals surface area contributed by atoms with Crippen molar-refractivity contribution in [3.63, 3.8) is 0 Å². The molecule has 1 fully saturated rings. The number of amides is 1. The van der Waals surface area contributed by atoms with E-state index in [9.17, 15) is 9.18 Å². The van der Waals surface area contributed by atoms with Gasteiger partial charge >= 0.3 is 6.09 Å². The summed E-state index contributed by atoms with van der Waals surface area (Å²) in [6, 6.07) is 42.1. The Morgan fingerprint density at radius 3 is 2.06 bits per heavy atom. The Balaban J connectivity index is 1.13. The van der Waals surface area contributed by atoms with Crippen LogP contribution in [0.5, 0.6) is 5.75 Å². The number of fused-ring (bicyclic) bond motifs is 1. The summed E-state index contributed by atoms with van der Waals surface area (Å²) in [6.07, 6.45) is 0.00458. The highest BCUT2D eigenvalue weighted by molar-refractivity contribution is 5.77. The van der Waals surface area contributed by atoms with Crippen molar-refractivity contribution in [2.45, 2.75) is 52.4 Å². The van der Waals surface area contributed by atoms with Gasteiger partial charge in [0.1, 0.15) is 17.2 Å². The van der Waals surface area contributed by atoms with Gasteiger partial charge in [0.2, 0.25) is 5.62 Å². The molecule has 7 rings (SSSR count). The standard InChI is InChI=1S/C45H48FN5O3/c1-45(2,3)54-44(52)47-43-50(26-13-31-53-38-24-22-37(46)23-25-38)41-20-11-12-21-42(41)51(43)33-36-17-8-10-19-40(36)49-29-27-48(28-30-49)32-35-16-7-9-18-39(35)34-14-5-4-6-15-34/h4-12,14-25H,13,26-33H2,1-3H3. The van der Waals surface area contributed by atoms with Crippen molar-refractivity contribution in [2.24, 2.45) is 4.99 Å². The Bertz CT molecular complexity index is 2250. The summed E-state index contributed by atoms with van der Waals surface area (Å²) in [5, 5.41) is 0. The second-order valence-corrected chi connectivity index (χ2v) is 14.7. The Morgan fingerprint density at radius 1 is 0.704 bits per heavy atom. The van der Waals surface area contributed by atoms with Gasteiger partial charge in [0.05, 0.1) is 24.2 Å². The zero-order valence-electron chi connectivity index (χ0n) is 31.3. The molecule has 0 atom stereocenters. The lowest BCUT2D eigenvalue weighted by atomic mass is 9.99. The van der Waals surface area contributed by atoms with E-state index in [0.29, 0.717) is 37.5 Å². The van der Waals surface area contributed by atoms with E-state index in [0.717, 1.165) is 49.3 Å². The first-order valence-corrected chi connectivity index (χ1v) is 18.7. The number of para-hydroxylation sites is 3. The number of halogens is 1. The average Bonchev–Trinajstić information content (AvgIpc) is 3.45. The molecule has 1 aliphatic heterocycles. The number of ether oxygens (including phenoxy) is 2. The van der Waals surface area contributed by atoms with E-state index in [1.54, 1.807) is 12.1 Å². The molecular formula is C45H48FN5O3. The SMILES string of the molecule is CC(C)(C)OC(=O)N=c1n(CCCOc2ccc(F)cc2)c2ccccc2n1Cc1ccccc1N1CCN(Cc2ccccc2-c2ccccc2)CC1. The molecule has 54 heavy (non-hydrogen) atoms. The molecule has 0 unspecified atom stereocenters. The van der Waals surface area contributed by atoms with Gasteiger partial charge in [0.15, 0.2) is 0 Å². The lowest BCUT2D eigenvalue weighted by molar-refractivity contribution is 0.0593. The number of piperazine rings is 1. The highest BCUT2D eigenvalue weighted by atomic mass is 19.1. The molecule has 1 saturated heterocycles. The minimum atomic E-state index is -0.691. The number of aromatic nitrogens is 2. The van der Waals surface area contributed by atoms with Crippen molar-refractivity contribution >= 4 is 22.8 Å². The first-order chi connectivity index (χ1) is 26.2. The van der Waals surface area contributed by atoms with Crippen molar-refractivity contribution in [1.29, 1.82) is 0 Å². The van der Waals surface area contributed by atoms with E-state index >= 15 is 0 Å². The number of carbonyl (C=O) groups is 1. The number of nitrogens with zero attached hydrogens (tertiary/aromatic N) is 5. The van der Waals surface area contributed by atoms with Crippen LogP contribution in [0.3, 0.4) is 0 Å². The molecule has 5 aromatic carbocycles. The first-order valence-electron chi connectivity index (χ1n) is 18.7. The quantitative estimate of drug-likeness (QED) is 0.125. The topological polar surface area (TPSA) is 64.2 Å². The van der Waals surface area contributed by atoms with Gasteiger partial charge in [-0.05, 0) is 91.9 Å². The number of anilines is 1. The van der Waals surface area contributed by atoms with E-state index < -0.39 is 11.7 Å². The Kier molecular flexibility index (Phi) is 11.2. The summed E-state index contributed by atoms with van der Waals surface area (Å²) < 4.78 is 29.2. The van der Waals surface area contributed by atoms with Crippen LogP contribution in [0.25, 0.3) is 22.2 Å². The van der Waals surface area contributed by atoms with Gasteiger partial charge in [-0.3, -0.25) is 4.90 Å². The number of imidazole rings is 1. The van der Waals surface area contributed by atoms with Crippen LogP contribution in [0, 0.1) is 5.82 Å². The lowest BCUT2D eigenvalue weighted by Gasteiger charge is -2.37. The fourth-order valence-electron chi connectivity index (χ4n) is 7.16. The maximum Gasteiger partial charge on any atom is 0.437 e. The molecule has 0 N–H and O–H groups in total. The Hall–Kier alpha value is -5.67. The van der Waals surface area contributed by atoms with Crippen molar-refractivity contribution in [3.05, 3.63) is 150 Å². The Labute approximate surface area is 316 Å². The molecule has 1 aromatic heterocycles. The summed E-state index contributed by atoms with van der Waals surface area (Å²) in [5.74, 6) is 0.306. The molecule has 0 aliphatic carbocycles. The van der Waals surface area contributed by atoms with Crippen LogP contribution in [0.2, 0.25) is 0 Å². The summed E-state index contributed by atoms with van der Waals surface area (Å²) in [5.41, 5.74) is 7.96. The van der Waals surface area contributed by atoms with Gasteiger partial charge in [0.25, 0.3) is 0 Å². The molecule has 0 bridgehead atoms. The van der Waals surface area contributed by atoms with Crippen molar-refractivity contribution in [3.8, 4) is 16.9 Å². The zero-order valence-corrected chi connectivity index (χ0v) is 31.3. The number of rotatable bonds is 11. The normalized spacial score (nSPS) is 14.1. The Morgan fingerprint density at radius 2 is 1.33 bits per heavy atom. The zero-order chi connectivity index (χ0) is 37.5. The highest BCUT2D eigenvalue weighted by Gasteiger charge is 2.22. The van der Waals surface area contributed by atoms with Crippen LogP contribution in [-0.2, 0) is 24.4 Å². The largest absolute Gasteiger partial charge is 0.494 e. The third-order valence-corrected chi connectivity index (χ3v) is 9.67. The van der Waals surface area contributed by atoms with Crippen molar-refractivity contribution in [2.75, 3.05) is 37.7 Å².